The summed E-state index contributed by atoms with van der Waals surface area (Å²) in [5.41, 5.74) is 3.06. The van der Waals surface area contributed by atoms with Gasteiger partial charge >= 0.3 is 0 Å². The molecule has 0 saturated carbocycles. The zero-order valence-corrected chi connectivity index (χ0v) is 17.6. The number of hydrogen-bond donors (Lipinski definition) is 0. The largest absolute Gasteiger partial charge is 0.369 e. The van der Waals surface area contributed by atoms with E-state index in [1.165, 1.54) is 22.6 Å². The van der Waals surface area contributed by atoms with Crippen LogP contribution < -0.4 is 4.90 Å². The van der Waals surface area contributed by atoms with Crippen molar-refractivity contribution in [1.29, 1.82) is 0 Å². The van der Waals surface area contributed by atoms with Gasteiger partial charge in [-0.25, -0.2) is 4.39 Å². The second-order valence-electron chi connectivity index (χ2n) is 7.70. The summed E-state index contributed by atoms with van der Waals surface area (Å²) in [7, 11) is 0. The molecule has 1 saturated heterocycles. The maximum atomic E-state index is 13.1. The molecule has 9 heteroatoms. The van der Waals surface area contributed by atoms with E-state index in [-0.39, 0.29) is 11.7 Å². The smallest absolute Gasteiger partial charge is 0.222 e. The molecule has 0 radical (unpaired) electrons. The van der Waals surface area contributed by atoms with Crippen LogP contribution in [0.15, 0.2) is 42.7 Å². The van der Waals surface area contributed by atoms with Crippen molar-refractivity contribution in [1.82, 2.24) is 30.1 Å². The average Bonchev–Trinajstić information content (AvgIpc) is 3.10. The lowest BCUT2D eigenvalue weighted by atomic mass is 10.2. The molecule has 1 aliphatic heterocycles. The van der Waals surface area contributed by atoms with E-state index in [4.69, 9.17) is 0 Å². The Morgan fingerprint density at radius 1 is 1.10 bits per heavy atom. The van der Waals surface area contributed by atoms with Crippen molar-refractivity contribution < 1.29 is 9.18 Å². The number of halogens is 1. The third-order valence-electron chi connectivity index (χ3n) is 5.48. The van der Waals surface area contributed by atoms with E-state index in [1.54, 1.807) is 12.1 Å². The van der Waals surface area contributed by atoms with Crippen LogP contribution in [0.25, 0.3) is 11.4 Å². The van der Waals surface area contributed by atoms with Crippen LogP contribution in [-0.4, -0.2) is 62.2 Å². The monoisotopic (exact) mass is 423 g/mol. The fraction of sp³-hybridized carbons (Fsp3) is 0.409. The molecule has 0 unspecified atom stereocenters. The van der Waals surface area contributed by atoms with Crippen LogP contribution in [0.4, 0.5) is 10.1 Å². The summed E-state index contributed by atoms with van der Waals surface area (Å²) >= 11 is 0. The summed E-state index contributed by atoms with van der Waals surface area (Å²) in [6, 6.07) is 8.02. The standard InChI is InChI=1S/C22H26FN7O/c1-17-16-24-10-9-20(17)28-11-3-12-29(15-14-28)21(31)4-2-13-30-26-22(25-27-30)18-5-7-19(23)8-6-18/h5-10,16H,2-4,11-15H2,1H3. The Morgan fingerprint density at radius 2 is 1.94 bits per heavy atom. The van der Waals surface area contributed by atoms with Gasteiger partial charge in [-0.1, -0.05) is 0 Å². The molecule has 1 fully saturated rings. The molecular formula is C22H26FN7O. The second kappa shape index (κ2) is 9.63. The molecule has 3 heterocycles. The highest BCUT2D eigenvalue weighted by Crippen LogP contribution is 2.20. The number of tetrazole rings is 1. The quantitative estimate of drug-likeness (QED) is 0.607. The molecule has 1 amide bonds. The third-order valence-corrected chi connectivity index (χ3v) is 5.48. The van der Waals surface area contributed by atoms with Gasteiger partial charge in [0.2, 0.25) is 11.7 Å². The minimum atomic E-state index is -0.304. The molecule has 1 aromatic carbocycles. The van der Waals surface area contributed by atoms with E-state index in [0.29, 0.717) is 30.8 Å². The van der Waals surface area contributed by atoms with Gasteiger partial charge in [-0.2, -0.15) is 4.80 Å². The first-order chi connectivity index (χ1) is 15.1. The molecular weight excluding hydrogens is 397 g/mol. The molecule has 0 bridgehead atoms. The first kappa shape index (κ1) is 20.9. The Balaban J connectivity index is 1.26. The Morgan fingerprint density at radius 3 is 2.74 bits per heavy atom. The molecule has 0 aliphatic carbocycles. The number of benzene rings is 1. The van der Waals surface area contributed by atoms with Crippen LogP contribution in [0.1, 0.15) is 24.8 Å². The van der Waals surface area contributed by atoms with Gasteiger partial charge in [0.05, 0.1) is 6.54 Å². The van der Waals surface area contributed by atoms with Crippen molar-refractivity contribution in [3.63, 3.8) is 0 Å². The SMILES string of the molecule is Cc1cnccc1N1CCCN(C(=O)CCCn2nnc(-c3ccc(F)cc3)n2)CC1. The number of hydrogen-bond acceptors (Lipinski definition) is 6. The normalized spacial score (nSPS) is 14.5. The summed E-state index contributed by atoms with van der Waals surface area (Å²) in [5.74, 6) is 0.305. The zero-order chi connectivity index (χ0) is 21.6. The van der Waals surface area contributed by atoms with Crippen LogP contribution in [-0.2, 0) is 11.3 Å². The van der Waals surface area contributed by atoms with E-state index in [2.05, 4.69) is 32.2 Å². The zero-order valence-electron chi connectivity index (χ0n) is 17.6. The Hall–Kier alpha value is -3.36. The molecule has 4 rings (SSSR count). The highest BCUT2D eigenvalue weighted by atomic mass is 19.1. The van der Waals surface area contributed by atoms with Crippen molar-refractivity contribution >= 4 is 11.6 Å². The number of amides is 1. The molecule has 0 spiro atoms. The molecule has 3 aromatic rings. The molecule has 2 aromatic heterocycles. The van der Waals surface area contributed by atoms with Gasteiger partial charge in [0.25, 0.3) is 0 Å². The van der Waals surface area contributed by atoms with Crippen LogP contribution in [0, 0.1) is 12.7 Å². The fourth-order valence-electron chi connectivity index (χ4n) is 3.81. The van der Waals surface area contributed by atoms with E-state index < -0.39 is 0 Å². The molecule has 0 N–H and O–H groups in total. The van der Waals surface area contributed by atoms with Crippen molar-refractivity contribution in [2.24, 2.45) is 0 Å². The van der Waals surface area contributed by atoms with Gasteiger partial charge < -0.3 is 9.80 Å². The molecule has 1 aliphatic rings. The van der Waals surface area contributed by atoms with Crippen molar-refractivity contribution in [2.75, 3.05) is 31.1 Å². The lowest BCUT2D eigenvalue weighted by molar-refractivity contribution is -0.131. The highest BCUT2D eigenvalue weighted by Gasteiger charge is 2.20. The number of rotatable bonds is 6. The van der Waals surface area contributed by atoms with Gasteiger partial charge in [-0.3, -0.25) is 9.78 Å². The van der Waals surface area contributed by atoms with E-state index in [1.807, 2.05) is 23.4 Å². The molecule has 0 atom stereocenters. The summed E-state index contributed by atoms with van der Waals surface area (Å²) in [4.78, 5) is 22.6. The number of nitrogens with zero attached hydrogens (tertiary/aromatic N) is 7. The Kier molecular flexibility index (Phi) is 6.49. The minimum absolute atomic E-state index is 0.159. The number of aromatic nitrogens is 5. The summed E-state index contributed by atoms with van der Waals surface area (Å²) in [6.07, 6.45) is 5.72. The lowest BCUT2D eigenvalue weighted by Crippen LogP contribution is -2.35. The van der Waals surface area contributed by atoms with Gasteiger partial charge in [-0.15, -0.1) is 10.2 Å². The van der Waals surface area contributed by atoms with Crippen LogP contribution in [0.5, 0.6) is 0 Å². The fourth-order valence-corrected chi connectivity index (χ4v) is 3.81. The van der Waals surface area contributed by atoms with Crippen molar-refractivity contribution in [2.45, 2.75) is 32.7 Å². The maximum Gasteiger partial charge on any atom is 0.222 e. The highest BCUT2D eigenvalue weighted by molar-refractivity contribution is 5.76. The topological polar surface area (TPSA) is 80.0 Å². The van der Waals surface area contributed by atoms with Crippen molar-refractivity contribution in [3.8, 4) is 11.4 Å². The van der Waals surface area contributed by atoms with Gasteiger partial charge in [0.1, 0.15) is 5.82 Å². The van der Waals surface area contributed by atoms with Crippen LogP contribution in [0.2, 0.25) is 0 Å². The Bertz CT molecular complexity index is 1020. The van der Waals surface area contributed by atoms with Crippen molar-refractivity contribution in [3.05, 3.63) is 54.1 Å². The van der Waals surface area contributed by atoms with Gasteiger partial charge in [0, 0.05) is 56.2 Å². The van der Waals surface area contributed by atoms with E-state index in [0.717, 1.165) is 38.2 Å². The minimum Gasteiger partial charge on any atom is -0.369 e. The second-order valence-corrected chi connectivity index (χ2v) is 7.70. The number of anilines is 1. The number of carbonyl (C=O) groups is 1. The Labute approximate surface area is 180 Å². The van der Waals surface area contributed by atoms with Crippen LogP contribution in [0.3, 0.4) is 0 Å². The number of aryl methyl sites for hydroxylation is 2. The van der Waals surface area contributed by atoms with E-state index in [9.17, 15) is 9.18 Å². The maximum absolute atomic E-state index is 13.1. The third kappa shape index (κ3) is 5.22. The first-order valence-electron chi connectivity index (χ1n) is 10.6. The summed E-state index contributed by atoms with van der Waals surface area (Å²) in [6.45, 7) is 5.82. The van der Waals surface area contributed by atoms with Crippen LogP contribution >= 0.6 is 0 Å². The molecule has 162 valence electrons. The molecule has 31 heavy (non-hydrogen) atoms. The lowest BCUT2D eigenvalue weighted by Gasteiger charge is -2.25. The van der Waals surface area contributed by atoms with E-state index >= 15 is 0 Å². The summed E-state index contributed by atoms with van der Waals surface area (Å²) in [5, 5.41) is 12.4. The predicted molar refractivity (Wildman–Crippen MR) is 115 cm³/mol. The summed E-state index contributed by atoms with van der Waals surface area (Å²) < 4.78 is 13.1. The van der Waals surface area contributed by atoms with Gasteiger partial charge in [-0.05, 0) is 60.9 Å². The first-order valence-corrected chi connectivity index (χ1v) is 10.6. The average molecular weight is 423 g/mol. The predicted octanol–water partition coefficient (Wildman–Crippen LogP) is 2.70. The molecule has 8 nitrogen and oxygen atoms in total. The number of carbonyl (C=O) groups excluding carboxylic acids is 1. The number of pyridine rings is 1. The van der Waals surface area contributed by atoms with Gasteiger partial charge in [0.15, 0.2) is 0 Å².